The highest BCUT2D eigenvalue weighted by atomic mass is 16.6. The van der Waals surface area contributed by atoms with Crippen molar-refractivity contribution in [3.05, 3.63) is 82.2 Å². The molecule has 2 aromatic rings. The highest BCUT2D eigenvalue weighted by Gasteiger charge is 2.60. The number of ether oxygens (including phenoxy) is 1. The second-order valence-corrected chi connectivity index (χ2v) is 14.1. The second kappa shape index (κ2) is 18.9. The third-order valence-electron chi connectivity index (χ3n) is 8.28. The molecular formula is C37H51N7O6. The number of azide groups is 1. The zero-order chi connectivity index (χ0) is 36.8. The van der Waals surface area contributed by atoms with Gasteiger partial charge in [0.1, 0.15) is 18.1 Å². The van der Waals surface area contributed by atoms with Crippen LogP contribution in [-0.2, 0) is 41.7 Å². The van der Waals surface area contributed by atoms with E-state index < -0.39 is 59.2 Å². The molecule has 1 fully saturated rings. The Labute approximate surface area is 294 Å². The summed E-state index contributed by atoms with van der Waals surface area (Å²) in [4.78, 5) is 70.8. The van der Waals surface area contributed by atoms with Gasteiger partial charge in [-0.25, -0.2) is 0 Å². The molecule has 13 nitrogen and oxygen atoms in total. The van der Waals surface area contributed by atoms with Gasteiger partial charge in [-0.05, 0) is 60.1 Å². The van der Waals surface area contributed by atoms with Crippen LogP contribution in [0.15, 0.2) is 65.8 Å². The standard InChI is InChI=1S/C37H51N7O6/c1-23(2)17-28(32(45)37(22-50-37)36(49)39-21-27-15-11-8-12-16-27)40-33(46)29(18-24(3)4)41-34(47)30(19-25(5)6)42-35(48)31(43-44-38)20-26-13-9-7-10-14-26/h7-16,23-25,28-31H,17-22H2,1-6H3,(H,39,49)(H,40,46)(H,41,47)(H,42,48)/t28-,29-,30-,31-,37-/m0/s1. The van der Waals surface area contributed by atoms with E-state index in [4.69, 9.17) is 10.3 Å². The van der Waals surface area contributed by atoms with E-state index in [2.05, 4.69) is 31.3 Å². The van der Waals surface area contributed by atoms with E-state index in [1.165, 1.54) is 0 Å². The largest absolute Gasteiger partial charge is 0.352 e. The van der Waals surface area contributed by atoms with Gasteiger partial charge < -0.3 is 26.0 Å². The maximum Gasteiger partial charge on any atom is 0.262 e. The van der Waals surface area contributed by atoms with Gasteiger partial charge in [0.2, 0.25) is 23.3 Å². The molecule has 0 radical (unpaired) electrons. The summed E-state index contributed by atoms with van der Waals surface area (Å²) in [5.74, 6) is -2.95. The van der Waals surface area contributed by atoms with Crippen LogP contribution in [0.2, 0.25) is 0 Å². The quantitative estimate of drug-likeness (QED) is 0.0530. The molecule has 1 aliphatic heterocycles. The minimum absolute atomic E-state index is 0.00807. The molecule has 270 valence electrons. The number of amides is 4. The van der Waals surface area contributed by atoms with Crippen molar-refractivity contribution < 1.29 is 28.7 Å². The molecule has 0 aliphatic carbocycles. The van der Waals surface area contributed by atoms with Crippen LogP contribution in [0.4, 0.5) is 0 Å². The summed E-state index contributed by atoms with van der Waals surface area (Å²) in [6.45, 7) is 11.5. The highest BCUT2D eigenvalue weighted by Crippen LogP contribution is 2.31. The summed E-state index contributed by atoms with van der Waals surface area (Å²) in [7, 11) is 0. The maximum absolute atomic E-state index is 13.8. The number of benzene rings is 2. The molecule has 50 heavy (non-hydrogen) atoms. The van der Waals surface area contributed by atoms with Crippen molar-refractivity contribution in [2.75, 3.05) is 6.61 Å². The predicted octanol–water partition coefficient (Wildman–Crippen LogP) is 4.16. The fraction of sp³-hybridized carbons (Fsp3) is 0.541. The number of carbonyl (C=O) groups is 5. The monoisotopic (exact) mass is 689 g/mol. The Morgan fingerprint density at radius 1 is 0.720 bits per heavy atom. The maximum atomic E-state index is 13.8. The van der Waals surface area contributed by atoms with Gasteiger partial charge in [-0.2, -0.15) is 0 Å². The molecule has 4 N–H and O–H groups in total. The molecule has 1 aliphatic rings. The molecule has 0 aromatic heterocycles. The Bertz CT molecular complexity index is 1500. The van der Waals surface area contributed by atoms with Crippen molar-refractivity contribution in [1.82, 2.24) is 21.3 Å². The Balaban J connectivity index is 1.75. The normalized spacial score (nSPS) is 17.5. The van der Waals surface area contributed by atoms with Crippen molar-refractivity contribution in [2.24, 2.45) is 22.9 Å². The minimum atomic E-state index is -1.70. The number of nitrogens with zero attached hydrogens (tertiary/aromatic N) is 3. The predicted molar refractivity (Wildman–Crippen MR) is 189 cm³/mol. The van der Waals surface area contributed by atoms with Gasteiger partial charge in [-0.15, -0.1) is 0 Å². The number of carbonyl (C=O) groups excluding carboxylic acids is 5. The minimum Gasteiger partial charge on any atom is -0.352 e. The molecule has 3 rings (SSSR count). The Morgan fingerprint density at radius 3 is 1.62 bits per heavy atom. The van der Waals surface area contributed by atoms with Crippen molar-refractivity contribution in [3.63, 3.8) is 0 Å². The van der Waals surface area contributed by atoms with Gasteiger partial charge in [0, 0.05) is 11.5 Å². The van der Waals surface area contributed by atoms with E-state index in [0.717, 1.165) is 11.1 Å². The Morgan fingerprint density at radius 2 is 1.16 bits per heavy atom. The summed E-state index contributed by atoms with van der Waals surface area (Å²) in [6.07, 6.45) is 0.898. The smallest absolute Gasteiger partial charge is 0.262 e. The molecular weight excluding hydrogens is 638 g/mol. The zero-order valence-corrected chi connectivity index (χ0v) is 29.8. The van der Waals surface area contributed by atoms with Gasteiger partial charge in [0.15, 0.2) is 5.78 Å². The molecule has 1 saturated heterocycles. The number of nitrogens with one attached hydrogen (secondary N) is 4. The number of ketones is 1. The van der Waals surface area contributed by atoms with E-state index in [-0.39, 0.29) is 56.6 Å². The van der Waals surface area contributed by atoms with E-state index in [9.17, 15) is 24.0 Å². The Hall–Kier alpha value is -4.74. The molecule has 1 heterocycles. The number of hydrogen-bond acceptors (Lipinski definition) is 7. The first-order chi connectivity index (χ1) is 23.7. The molecule has 0 saturated carbocycles. The average molecular weight is 690 g/mol. The van der Waals surface area contributed by atoms with Crippen LogP contribution in [0.25, 0.3) is 10.4 Å². The lowest BCUT2D eigenvalue weighted by Crippen LogP contribution is -2.59. The first kappa shape index (κ1) is 39.7. The van der Waals surface area contributed by atoms with E-state index >= 15 is 0 Å². The first-order valence-electron chi connectivity index (χ1n) is 17.2. The van der Waals surface area contributed by atoms with Crippen LogP contribution in [-0.4, -0.2) is 65.8 Å². The van der Waals surface area contributed by atoms with Crippen molar-refractivity contribution in [1.29, 1.82) is 0 Å². The third-order valence-corrected chi connectivity index (χ3v) is 8.28. The molecule has 0 bridgehead atoms. The Kier molecular flexibility index (Phi) is 15.0. The highest BCUT2D eigenvalue weighted by molar-refractivity contribution is 6.14. The van der Waals surface area contributed by atoms with Gasteiger partial charge in [0.05, 0.1) is 12.6 Å². The lowest BCUT2D eigenvalue weighted by atomic mass is 9.91. The zero-order valence-electron chi connectivity index (χ0n) is 29.8. The van der Waals surface area contributed by atoms with E-state index in [0.29, 0.717) is 0 Å². The molecule has 13 heteroatoms. The number of Topliss-reactive ketones (excluding diaryl/α,β-unsaturated/α-hetero) is 1. The first-order valence-corrected chi connectivity index (χ1v) is 17.2. The van der Waals surface area contributed by atoms with Gasteiger partial charge in [-0.1, -0.05) is 107 Å². The third kappa shape index (κ3) is 12.0. The molecule has 2 aromatic carbocycles. The second-order valence-electron chi connectivity index (χ2n) is 14.1. The van der Waals surface area contributed by atoms with Crippen LogP contribution >= 0.6 is 0 Å². The number of hydrogen-bond donors (Lipinski definition) is 4. The topological polar surface area (TPSA) is 195 Å². The average Bonchev–Trinajstić information content (AvgIpc) is 3.88. The van der Waals surface area contributed by atoms with Gasteiger partial charge in [0.25, 0.3) is 5.91 Å². The fourth-order valence-corrected chi connectivity index (χ4v) is 5.67. The van der Waals surface area contributed by atoms with Crippen LogP contribution in [0, 0.1) is 17.8 Å². The van der Waals surface area contributed by atoms with Crippen molar-refractivity contribution >= 4 is 29.4 Å². The summed E-state index contributed by atoms with van der Waals surface area (Å²) >= 11 is 0. The number of epoxide rings is 1. The van der Waals surface area contributed by atoms with Crippen LogP contribution < -0.4 is 21.3 Å². The fourth-order valence-electron chi connectivity index (χ4n) is 5.67. The van der Waals surface area contributed by atoms with E-state index in [1.807, 2.05) is 102 Å². The molecule has 0 unspecified atom stereocenters. The van der Waals surface area contributed by atoms with Crippen LogP contribution in [0.1, 0.15) is 71.9 Å². The van der Waals surface area contributed by atoms with E-state index in [1.54, 1.807) is 0 Å². The summed E-state index contributed by atoms with van der Waals surface area (Å²) in [5.41, 5.74) is 9.09. The lowest BCUT2D eigenvalue weighted by Gasteiger charge is -2.28. The van der Waals surface area contributed by atoms with Crippen LogP contribution in [0.5, 0.6) is 0 Å². The molecule has 5 atom stereocenters. The summed E-state index contributed by atoms with van der Waals surface area (Å²) in [6, 6.07) is 14.1. The molecule has 0 spiro atoms. The van der Waals surface area contributed by atoms with Crippen molar-refractivity contribution in [3.8, 4) is 0 Å². The summed E-state index contributed by atoms with van der Waals surface area (Å²) in [5, 5.41) is 14.8. The SMILES string of the molecule is CC(C)C[C@H](NC(=O)[C@H](Cc1ccccc1)N=[N+]=[N-])C(=O)N[C@@H](CC(C)C)C(=O)N[C@@H](CC(C)C)C(=O)[C@]1(C(=O)NCc2ccccc2)CO1. The number of rotatable bonds is 20. The lowest BCUT2D eigenvalue weighted by molar-refractivity contribution is -0.139. The van der Waals surface area contributed by atoms with Crippen molar-refractivity contribution in [2.45, 2.75) is 104 Å². The van der Waals surface area contributed by atoms with Gasteiger partial charge >= 0.3 is 0 Å². The summed E-state index contributed by atoms with van der Waals surface area (Å²) < 4.78 is 5.47. The molecule has 4 amide bonds. The van der Waals surface area contributed by atoms with Gasteiger partial charge in [-0.3, -0.25) is 24.0 Å². The van der Waals surface area contributed by atoms with Crippen LogP contribution in [0.3, 0.4) is 0 Å².